The van der Waals surface area contributed by atoms with Crippen molar-refractivity contribution >= 4 is 32.4 Å². The van der Waals surface area contributed by atoms with Gasteiger partial charge in [0, 0.05) is 37.9 Å². The Labute approximate surface area is 143 Å². The Morgan fingerprint density at radius 3 is 2.50 bits per heavy atom. The first kappa shape index (κ1) is 15.3. The van der Waals surface area contributed by atoms with Gasteiger partial charge >= 0.3 is 0 Å². The zero-order chi connectivity index (χ0) is 16.7. The van der Waals surface area contributed by atoms with Crippen LogP contribution in [-0.4, -0.2) is 31.2 Å². The third kappa shape index (κ3) is 2.82. The highest BCUT2D eigenvalue weighted by Crippen LogP contribution is 2.32. The first-order chi connectivity index (χ1) is 11.6. The number of benzene rings is 2. The Bertz CT molecular complexity index is 885. The largest absolute Gasteiger partial charge is 0.368 e. The number of piperazine rings is 1. The SMILES string of the molecule is Cc1cccc(N2CCN(c3nc4c(F)cc(F)cc4s3)CC2)c1. The molecule has 1 aliphatic rings. The van der Waals surface area contributed by atoms with Gasteiger partial charge in [0.05, 0.1) is 4.70 Å². The summed E-state index contributed by atoms with van der Waals surface area (Å²) in [5.41, 5.74) is 2.74. The third-order valence-electron chi connectivity index (χ3n) is 4.32. The van der Waals surface area contributed by atoms with E-state index in [1.807, 2.05) is 0 Å². The second-order valence-electron chi connectivity index (χ2n) is 6.04. The van der Waals surface area contributed by atoms with Crippen LogP contribution in [-0.2, 0) is 0 Å². The number of aryl methyl sites for hydroxylation is 1. The lowest BCUT2D eigenvalue weighted by molar-refractivity contribution is 0.591. The number of thiazole rings is 1. The molecule has 4 rings (SSSR count). The molecule has 0 N–H and O–H groups in total. The topological polar surface area (TPSA) is 19.4 Å². The molecule has 24 heavy (non-hydrogen) atoms. The van der Waals surface area contributed by atoms with E-state index in [-0.39, 0.29) is 5.52 Å². The molecule has 1 saturated heterocycles. The molecule has 1 fully saturated rings. The van der Waals surface area contributed by atoms with Gasteiger partial charge in [0.25, 0.3) is 0 Å². The fraction of sp³-hybridized carbons (Fsp3) is 0.278. The van der Waals surface area contributed by atoms with E-state index in [0.717, 1.165) is 37.4 Å². The van der Waals surface area contributed by atoms with Crippen LogP contribution in [0.4, 0.5) is 19.6 Å². The lowest BCUT2D eigenvalue weighted by Crippen LogP contribution is -2.46. The summed E-state index contributed by atoms with van der Waals surface area (Å²) < 4.78 is 27.7. The predicted octanol–water partition coefficient (Wildman–Crippen LogP) is 4.21. The molecule has 0 bridgehead atoms. The number of hydrogen-bond donors (Lipinski definition) is 0. The fourth-order valence-electron chi connectivity index (χ4n) is 3.06. The molecule has 1 aliphatic heterocycles. The van der Waals surface area contributed by atoms with E-state index in [1.54, 1.807) is 0 Å². The fourth-order valence-corrected chi connectivity index (χ4v) is 4.12. The molecule has 0 saturated carbocycles. The summed E-state index contributed by atoms with van der Waals surface area (Å²) in [5, 5.41) is 0.762. The van der Waals surface area contributed by atoms with Crippen LogP contribution in [0.15, 0.2) is 36.4 Å². The van der Waals surface area contributed by atoms with Crippen molar-refractivity contribution in [1.82, 2.24) is 4.98 Å². The predicted molar refractivity (Wildman–Crippen MR) is 95.1 cm³/mol. The van der Waals surface area contributed by atoms with E-state index >= 15 is 0 Å². The van der Waals surface area contributed by atoms with Gasteiger partial charge in [-0.3, -0.25) is 0 Å². The summed E-state index contributed by atoms with van der Waals surface area (Å²) in [6, 6.07) is 10.7. The maximum atomic E-state index is 13.8. The quantitative estimate of drug-likeness (QED) is 0.694. The molecule has 3 nitrogen and oxygen atoms in total. The minimum Gasteiger partial charge on any atom is -0.368 e. The lowest BCUT2D eigenvalue weighted by atomic mass is 10.2. The molecule has 6 heteroatoms. The van der Waals surface area contributed by atoms with Crippen molar-refractivity contribution < 1.29 is 8.78 Å². The average molecular weight is 345 g/mol. The molecule has 0 amide bonds. The highest BCUT2D eigenvalue weighted by Gasteiger charge is 2.21. The Balaban J connectivity index is 1.52. The van der Waals surface area contributed by atoms with Gasteiger partial charge in [-0.25, -0.2) is 13.8 Å². The Kier molecular flexibility index (Phi) is 3.84. The summed E-state index contributed by atoms with van der Waals surface area (Å²) in [5.74, 6) is -1.15. The maximum Gasteiger partial charge on any atom is 0.186 e. The number of rotatable bonds is 2. The third-order valence-corrected chi connectivity index (χ3v) is 5.38. The molecule has 2 aromatic carbocycles. The minimum atomic E-state index is -0.592. The molecular formula is C18H17F2N3S. The van der Waals surface area contributed by atoms with Gasteiger partial charge in [-0.1, -0.05) is 23.5 Å². The smallest absolute Gasteiger partial charge is 0.186 e. The number of anilines is 2. The van der Waals surface area contributed by atoms with Gasteiger partial charge in [0.1, 0.15) is 11.3 Å². The van der Waals surface area contributed by atoms with Crippen molar-refractivity contribution in [3.8, 4) is 0 Å². The van der Waals surface area contributed by atoms with E-state index in [0.29, 0.717) is 4.70 Å². The molecule has 0 spiro atoms. The molecule has 0 radical (unpaired) electrons. The number of fused-ring (bicyclic) bond motifs is 1. The van der Waals surface area contributed by atoms with Crippen molar-refractivity contribution in [3.05, 3.63) is 53.6 Å². The molecule has 124 valence electrons. The summed E-state index contributed by atoms with van der Waals surface area (Å²) in [7, 11) is 0. The number of nitrogens with zero attached hydrogens (tertiary/aromatic N) is 3. The normalized spacial score (nSPS) is 15.3. The van der Waals surface area contributed by atoms with E-state index in [2.05, 4.69) is 46.0 Å². The monoisotopic (exact) mass is 345 g/mol. The van der Waals surface area contributed by atoms with Crippen LogP contribution < -0.4 is 9.80 Å². The lowest BCUT2D eigenvalue weighted by Gasteiger charge is -2.36. The van der Waals surface area contributed by atoms with Crippen LogP contribution in [0, 0.1) is 18.6 Å². The zero-order valence-corrected chi connectivity index (χ0v) is 14.1. The van der Waals surface area contributed by atoms with Crippen molar-refractivity contribution in [2.45, 2.75) is 6.92 Å². The Morgan fingerprint density at radius 2 is 1.75 bits per heavy atom. The molecule has 2 heterocycles. The van der Waals surface area contributed by atoms with Crippen LogP contribution in [0.25, 0.3) is 10.2 Å². The molecule has 0 unspecified atom stereocenters. The van der Waals surface area contributed by atoms with Gasteiger partial charge in [0.15, 0.2) is 10.9 Å². The van der Waals surface area contributed by atoms with Crippen molar-refractivity contribution in [3.63, 3.8) is 0 Å². The standard InChI is InChI=1S/C18H17F2N3S/c1-12-3-2-4-14(9-12)22-5-7-23(8-6-22)18-21-17-15(20)10-13(19)11-16(17)24-18/h2-4,9-11H,5-8H2,1H3. The van der Waals surface area contributed by atoms with Crippen LogP contribution in [0.3, 0.4) is 0 Å². The van der Waals surface area contributed by atoms with E-state index in [1.165, 1.54) is 28.7 Å². The highest BCUT2D eigenvalue weighted by molar-refractivity contribution is 7.22. The van der Waals surface area contributed by atoms with Crippen LogP contribution in [0.5, 0.6) is 0 Å². The summed E-state index contributed by atoms with van der Waals surface area (Å²) in [4.78, 5) is 8.86. The van der Waals surface area contributed by atoms with E-state index in [4.69, 9.17) is 0 Å². The van der Waals surface area contributed by atoms with Gasteiger partial charge in [0.2, 0.25) is 0 Å². The second-order valence-corrected chi connectivity index (χ2v) is 7.05. The Morgan fingerprint density at radius 1 is 1.00 bits per heavy atom. The van der Waals surface area contributed by atoms with E-state index in [9.17, 15) is 8.78 Å². The Hall–Kier alpha value is -2.21. The number of aromatic nitrogens is 1. The molecule has 0 aliphatic carbocycles. The van der Waals surface area contributed by atoms with Crippen LogP contribution in [0.2, 0.25) is 0 Å². The van der Waals surface area contributed by atoms with Gasteiger partial charge in [-0.15, -0.1) is 0 Å². The summed E-state index contributed by atoms with van der Waals surface area (Å²) in [6.45, 7) is 5.50. The molecule has 3 aromatic rings. The number of halogens is 2. The second kappa shape index (κ2) is 6.02. The van der Waals surface area contributed by atoms with Crippen molar-refractivity contribution in [2.24, 2.45) is 0 Å². The first-order valence-corrected chi connectivity index (χ1v) is 8.74. The first-order valence-electron chi connectivity index (χ1n) is 7.92. The average Bonchev–Trinajstić information content (AvgIpc) is 2.99. The van der Waals surface area contributed by atoms with Gasteiger partial charge in [-0.2, -0.15) is 0 Å². The zero-order valence-electron chi connectivity index (χ0n) is 13.3. The number of hydrogen-bond acceptors (Lipinski definition) is 4. The van der Waals surface area contributed by atoms with Crippen LogP contribution in [0.1, 0.15) is 5.56 Å². The summed E-state index contributed by atoms with van der Waals surface area (Å²) in [6.07, 6.45) is 0. The van der Waals surface area contributed by atoms with Crippen LogP contribution >= 0.6 is 11.3 Å². The highest BCUT2D eigenvalue weighted by atomic mass is 32.1. The van der Waals surface area contributed by atoms with Crippen molar-refractivity contribution in [2.75, 3.05) is 36.0 Å². The van der Waals surface area contributed by atoms with Gasteiger partial charge < -0.3 is 9.80 Å². The van der Waals surface area contributed by atoms with E-state index < -0.39 is 11.6 Å². The molecule has 0 atom stereocenters. The van der Waals surface area contributed by atoms with Gasteiger partial charge in [-0.05, 0) is 30.7 Å². The maximum absolute atomic E-state index is 13.8. The summed E-state index contributed by atoms with van der Waals surface area (Å²) >= 11 is 1.35. The minimum absolute atomic E-state index is 0.262. The molecular weight excluding hydrogens is 328 g/mol. The molecule has 1 aromatic heterocycles. The van der Waals surface area contributed by atoms with Crippen molar-refractivity contribution in [1.29, 1.82) is 0 Å².